The third kappa shape index (κ3) is 2.75. The Labute approximate surface area is 105 Å². The zero-order valence-electron chi connectivity index (χ0n) is 8.82. The molecule has 0 radical (unpaired) electrons. The molecule has 0 aliphatic carbocycles. The summed E-state index contributed by atoms with van der Waals surface area (Å²) in [6.07, 6.45) is 0. The molecule has 82 valence electrons. The summed E-state index contributed by atoms with van der Waals surface area (Å²) in [6.45, 7) is 4.43. The molecule has 1 aromatic rings. The van der Waals surface area contributed by atoms with Gasteiger partial charge in [-0.1, -0.05) is 6.07 Å². The van der Waals surface area contributed by atoms with Gasteiger partial charge in [0.15, 0.2) is 0 Å². The molecule has 0 atom stereocenters. The van der Waals surface area contributed by atoms with Crippen LogP contribution in [0.3, 0.4) is 0 Å². The van der Waals surface area contributed by atoms with Gasteiger partial charge in [0, 0.05) is 60.8 Å². The van der Waals surface area contributed by atoms with E-state index in [2.05, 4.69) is 43.0 Å². The van der Waals surface area contributed by atoms with E-state index in [9.17, 15) is 0 Å². The molecule has 1 aromatic carbocycles. The number of piperazine rings is 1. The highest BCUT2D eigenvalue weighted by Gasteiger charge is 2.15. The lowest BCUT2D eigenvalue weighted by Gasteiger charge is -2.33. The molecule has 0 saturated carbocycles. The van der Waals surface area contributed by atoms with Crippen molar-refractivity contribution in [3.63, 3.8) is 0 Å². The van der Waals surface area contributed by atoms with Gasteiger partial charge in [-0.3, -0.25) is 0 Å². The van der Waals surface area contributed by atoms with E-state index in [1.54, 1.807) is 7.11 Å². The summed E-state index contributed by atoms with van der Waals surface area (Å²) in [5.74, 6) is 0.935. The third-order valence-corrected chi connectivity index (χ3v) is 3.61. The van der Waals surface area contributed by atoms with E-state index in [4.69, 9.17) is 4.74 Å². The molecule has 1 saturated heterocycles. The van der Waals surface area contributed by atoms with Crippen molar-refractivity contribution >= 4 is 28.6 Å². The summed E-state index contributed by atoms with van der Waals surface area (Å²) >= 11 is 2.38. The molecular formula is C11H15IN2O. The maximum Gasteiger partial charge on any atom is 0.120 e. The second-order valence-electron chi connectivity index (χ2n) is 3.60. The van der Waals surface area contributed by atoms with Crippen molar-refractivity contribution in [2.45, 2.75) is 0 Å². The van der Waals surface area contributed by atoms with Crippen LogP contribution in [0.15, 0.2) is 24.3 Å². The summed E-state index contributed by atoms with van der Waals surface area (Å²) in [5.41, 5.74) is 1.26. The summed E-state index contributed by atoms with van der Waals surface area (Å²) in [6, 6.07) is 8.27. The number of nitrogens with zero attached hydrogens (tertiary/aromatic N) is 2. The Kier molecular flexibility index (Phi) is 3.69. The Morgan fingerprint density at radius 2 is 1.93 bits per heavy atom. The first kappa shape index (κ1) is 11.0. The van der Waals surface area contributed by atoms with E-state index in [-0.39, 0.29) is 0 Å². The summed E-state index contributed by atoms with van der Waals surface area (Å²) in [5, 5.41) is 0. The Morgan fingerprint density at radius 1 is 1.20 bits per heavy atom. The van der Waals surface area contributed by atoms with E-state index in [1.165, 1.54) is 5.69 Å². The lowest BCUT2D eigenvalue weighted by atomic mass is 10.2. The van der Waals surface area contributed by atoms with Gasteiger partial charge in [-0.2, -0.15) is 0 Å². The Hall–Kier alpha value is -0.490. The first-order valence-electron chi connectivity index (χ1n) is 5.09. The number of rotatable bonds is 2. The lowest BCUT2D eigenvalue weighted by Crippen LogP contribution is -2.42. The standard InChI is InChI=1S/C11H15IN2O/c1-15-11-4-2-3-10(9-11)13-5-7-14(12)8-6-13/h2-4,9H,5-8H2,1H3. The van der Waals surface area contributed by atoms with Crippen LogP contribution in [0.1, 0.15) is 0 Å². The normalized spacial score (nSPS) is 17.9. The molecule has 0 N–H and O–H groups in total. The van der Waals surface area contributed by atoms with Crippen LogP contribution in [0.25, 0.3) is 0 Å². The maximum atomic E-state index is 5.23. The monoisotopic (exact) mass is 318 g/mol. The molecule has 0 unspecified atom stereocenters. The average molecular weight is 318 g/mol. The first-order chi connectivity index (χ1) is 7.29. The van der Waals surface area contributed by atoms with Crippen molar-refractivity contribution in [1.29, 1.82) is 0 Å². The lowest BCUT2D eigenvalue weighted by molar-refractivity contribution is 0.414. The topological polar surface area (TPSA) is 15.7 Å². The van der Waals surface area contributed by atoms with Crippen LogP contribution in [-0.4, -0.2) is 36.4 Å². The second kappa shape index (κ2) is 5.03. The SMILES string of the molecule is COc1cccc(N2CCN(I)CC2)c1. The van der Waals surface area contributed by atoms with Crippen LogP contribution in [0.4, 0.5) is 5.69 Å². The molecule has 1 heterocycles. The largest absolute Gasteiger partial charge is 0.497 e. The van der Waals surface area contributed by atoms with Gasteiger partial charge in [-0.25, -0.2) is 3.11 Å². The van der Waals surface area contributed by atoms with E-state index in [0.717, 1.165) is 31.9 Å². The minimum Gasteiger partial charge on any atom is -0.497 e. The van der Waals surface area contributed by atoms with Crippen LogP contribution in [0, 0.1) is 0 Å². The molecule has 4 heteroatoms. The van der Waals surface area contributed by atoms with Crippen molar-refractivity contribution < 1.29 is 4.74 Å². The first-order valence-corrected chi connectivity index (χ1v) is 6.06. The van der Waals surface area contributed by atoms with Gasteiger partial charge in [-0.05, 0) is 12.1 Å². The summed E-state index contributed by atoms with van der Waals surface area (Å²) in [7, 11) is 1.71. The fraction of sp³-hybridized carbons (Fsp3) is 0.455. The van der Waals surface area contributed by atoms with Gasteiger partial charge < -0.3 is 9.64 Å². The molecular weight excluding hydrogens is 303 g/mol. The number of hydrogen-bond acceptors (Lipinski definition) is 3. The van der Waals surface area contributed by atoms with Crippen LogP contribution in [-0.2, 0) is 0 Å². The number of benzene rings is 1. The summed E-state index contributed by atoms with van der Waals surface area (Å²) < 4.78 is 7.56. The molecule has 1 aliphatic heterocycles. The minimum absolute atomic E-state index is 0.935. The Balaban J connectivity index is 2.08. The van der Waals surface area contributed by atoms with Crippen molar-refractivity contribution in [3.8, 4) is 5.75 Å². The molecule has 0 bridgehead atoms. The van der Waals surface area contributed by atoms with E-state index in [1.807, 2.05) is 12.1 Å². The molecule has 3 nitrogen and oxygen atoms in total. The van der Waals surface area contributed by atoms with Crippen molar-refractivity contribution in [3.05, 3.63) is 24.3 Å². The average Bonchev–Trinajstić information content (AvgIpc) is 2.30. The van der Waals surface area contributed by atoms with E-state index in [0.29, 0.717) is 0 Å². The molecule has 1 aliphatic rings. The van der Waals surface area contributed by atoms with E-state index >= 15 is 0 Å². The van der Waals surface area contributed by atoms with Gasteiger partial charge in [0.1, 0.15) is 5.75 Å². The van der Waals surface area contributed by atoms with Gasteiger partial charge in [0.05, 0.1) is 7.11 Å². The quantitative estimate of drug-likeness (QED) is 0.614. The zero-order chi connectivity index (χ0) is 10.7. The molecule has 1 fully saturated rings. The predicted octanol–water partition coefficient (Wildman–Crippen LogP) is 2.17. The highest BCUT2D eigenvalue weighted by Crippen LogP contribution is 2.22. The number of halogens is 1. The van der Waals surface area contributed by atoms with E-state index < -0.39 is 0 Å². The fourth-order valence-corrected chi connectivity index (χ4v) is 2.18. The predicted molar refractivity (Wildman–Crippen MR) is 70.8 cm³/mol. The fourth-order valence-electron chi connectivity index (χ4n) is 1.75. The number of hydrogen-bond donors (Lipinski definition) is 0. The Morgan fingerprint density at radius 3 is 2.60 bits per heavy atom. The van der Waals surface area contributed by atoms with Gasteiger partial charge in [0.2, 0.25) is 0 Å². The molecule has 0 amide bonds. The van der Waals surface area contributed by atoms with Crippen LogP contribution >= 0.6 is 22.9 Å². The minimum atomic E-state index is 0.935. The second-order valence-corrected chi connectivity index (χ2v) is 4.96. The van der Waals surface area contributed by atoms with Crippen LogP contribution < -0.4 is 9.64 Å². The van der Waals surface area contributed by atoms with Crippen molar-refractivity contribution in [2.75, 3.05) is 38.2 Å². The molecule has 2 rings (SSSR count). The van der Waals surface area contributed by atoms with Gasteiger partial charge in [0.25, 0.3) is 0 Å². The number of methoxy groups -OCH3 is 1. The Bertz CT molecular complexity index is 324. The zero-order valence-corrected chi connectivity index (χ0v) is 11.0. The molecule has 15 heavy (non-hydrogen) atoms. The highest BCUT2D eigenvalue weighted by molar-refractivity contribution is 14.1. The number of ether oxygens (including phenoxy) is 1. The molecule has 0 aromatic heterocycles. The van der Waals surface area contributed by atoms with Crippen LogP contribution in [0.2, 0.25) is 0 Å². The van der Waals surface area contributed by atoms with Crippen LogP contribution in [0.5, 0.6) is 5.75 Å². The van der Waals surface area contributed by atoms with Crippen molar-refractivity contribution in [2.24, 2.45) is 0 Å². The highest BCUT2D eigenvalue weighted by atomic mass is 127. The van der Waals surface area contributed by atoms with Gasteiger partial charge >= 0.3 is 0 Å². The number of anilines is 1. The van der Waals surface area contributed by atoms with Crippen molar-refractivity contribution in [1.82, 2.24) is 3.11 Å². The maximum absolute atomic E-state index is 5.23. The third-order valence-electron chi connectivity index (χ3n) is 2.64. The summed E-state index contributed by atoms with van der Waals surface area (Å²) in [4.78, 5) is 2.40. The molecule has 0 spiro atoms. The smallest absolute Gasteiger partial charge is 0.120 e. The van der Waals surface area contributed by atoms with Gasteiger partial charge in [-0.15, -0.1) is 0 Å².